The molecule has 0 amide bonds. The van der Waals surface area contributed by atoms with Crippen molar-refractivity contribution in [3.63, 3.8) is 0 Å². The van der Waals surface area contributed by atoms with Crippen molar-refractivity contribution in [1.29, 1.82) is 0 Å². The van der Waals surface area contributed by atoms with Crippen LogP contribution < -0.4 is 10.5 Å². The van der Waals surface area contributed by atoms with Gasteiger partial charge in [-0.05, 0) is 25.5 Å². The first-order chi connectivity index (χ1) is 9.77. The average molecular weight is 292 g/mol. The van der Waals surface area contributed by atoms with Crippen molar-refractivity contribution in [1.82, 2.24) is 4.98 Å². The van der Waals surface area contributed by atoms with E-state index in [0.717, 1.165) is 24.1 Å². The normalized spacial score (nSPS) is 26.7. The number of hydrogen-bond donors (Lipinski definition) is 1. The highest BCUT2D eigenvalue weighted by molar-refractivity contribution is 5.28. The summed E-state index contributed by atoms with van der Waals surface area (Å²) >= 11 is 0. The van der Waals surface area contributed by atoms with Crippen LogP contribution in [0.15, 0.2) is 12.1 Å². The van der Waals surface area contributed by atoms with E-state index >= 15 is 0 Å². The third-order valence-electron chi connectivity index (χ3n) is 3.81. The Labute approximate surface area is 128 Å². The van der Waals surface area contributed by atoms with Crippen LogP contribution >= 0.6 is 0 Å². The Balaban J connectivity index is 2.19. The summed E-state index contributed by atoms with van der Waals surface area (Å²) < 4.78 is 11.9. The van der Waals surface area contributed by atoms with Crippen LogP contribution in [0.5, 0.6) is 5.88 Å². The molecule has 2 heterocycles. The van der Waals surface area contributed by atoms with Crippen LogP contribution in [0, 0.1) is 0 Å². The van der Waals surface area contributed by atoms with E-state index in [4.69, 9.17) is 15.2 Å². The average Bonchev–Trinajstić information content (AvgIpc) is 2.36. The van der Waals surface area contributed by atoms with Gasteiger partial charge in [0.05, 0.1) is 17.9 Å². The third kappa shape index (κ3) is 4.42. The summed E-state index contributed by atoms with van der Waals surface area (Å²) in [6, 6.07) is 4.03. The third-order valence-corrected chi connectivity index (χ3v) is 3.81. The summed E-state index contributed by atoms with van der Waals surface area (Å²) in [5.41, 5.74) is 7.88. The highest BCUT2D eigenvalue weighted by atomic mass is 16.5. The molecule has 2 atom stereocenters. The first-order valence-electron chi connectivity index (χ1n) is 7.81. The van der Waals surface area contributed by atoms with Gasteiger partial charge >= 0.3 is 0 Å². The molecule has 0 aromatic carbocycles. The summed E-state index contributed by atoms with van der Waals surface area (Å²) in [6.07, 6.45) is 2.45. The van der Waals surface area contributed by atoms with Gasteiger partial charge in [0.2, 0.25) is 5.88 Å². The van der Waals surface area contributed by atoms with Crippen LogP contribution in [0.4, 0.5) is 0 Å². The topological polar surface area (TPSA) is 57.4 Å². The Morgan fingerprint density at radius 1 is 1.24 bits per heavy atom. The smallest absolute Gasteiger partial charge is 0.214 e. The fraction of sp³-hybridized carbons (Fsp3) is 0.706. The number of pyridine rings is 1. The first-order valence-corrected chi connectivity index (χ1v) is 7.81. The van der Waals surface area contributed by atoms with E-state index in [2.05, 4.69) is 45.7 Å². The van der Waals surface area contributed by atoms with Crippen molar-refractivity contribution in [2.75, 3.05) is 0 Å². The van der Waals surface area contributed by atoms with Crippen LogP contribution in [0.2, 0.25) is 0 Å². The van der Waals surface area contributed by atoms with Gasteiger partial charge < -0.3 is 15.2 Å². The highest BCUT2D eigenvalue weighted by Crippen LogP contribution is 2.27. The van der Waals surface area contributed by atoms with E-state index in [-0.39, 0.29) is 23.7 Å². The predicted molar refractivity (Wildman–Crippen MR) is 84.5 cm³/mol. The van der Waals surface area contributed by atoms with Crippen molar-refractivity contribution >= 4 is 0 Å². The van der Waals surface area contributed by atoms with Crippen LogP contribution in [-0.2, 0) is 16.7 Å². The quantitative estimate of drug-likeness (QED) is 0.929. The maximum absolute atomic E-state index is 6.13. The molecular weight excluding hydrogens is 264 g/mol. The molecule has 1 aromatic rings. The minimum Gasteiger partial charge on any atom is -0.474 e. The van der Waals surface area contributed by atoms with Gasteiger partial charge in [-0.1, -0.05) is 20.8 Å². The molecule has 1 aliphatic heterocycles. The summed E-state index contributed by atoms with van der Waals surface area (Å²) in [6.45, 7) is 11.1. The van der Waals surface area contributed by atoms with Crippen molar-refractivity contribution < 1.29 is 9.47 Å². The maximum Gasteiger partial charge on any atom is 0.214 e. The molecule has 1 fully saturated rings. The van der Waals surface area contributed by atoms with E-state index in [0.29, 0.717) is 12.4 Å². The molecule has 118 valence electrons. The molecule has 2 unspecified atom stereocenters. The van der Waals surface area contributed by atoms with Crippen molar-refractivity contribution in [3.8, 4) is 5.88 Å². The zero-order valence-electron chi connectivity index (χ0n) is 13.8. The van der Waals surface area contributed by atoms with Crippen LogP contribution in [0.25, 0.3) is 0 Å². The van der Waals surface area contributed by atoms with Crippen molar-refractivity contribution in [2.24, 2.45) is 5.73 Å². The number of ether oxygens (including phenoxy) is 2. The Kier molecular flexibility index (Phi) is 4.89. The Morgan fingerprint density at radius 2 is 1.86 bits per heavy atom. The van der Waals surface area contributed by atoms with Crippen LogP contribution in [0.3, 0.4) is 0 Å². The second-order valence-corrected chi connectivity index (χ2v) is 7.12. The van der Waals surface area contributed by atoms with Gasteiger partial charge in [0.25, 0.3) is 0 Å². The lowest BCUT2D eigenvalue weighted by atomic mass is 9.91. The fourth-order valence-corrected chi connectivity index (χ4v) is 2.73. The summed E-state index contributed by atoms with van der Waals surface area (Å²) in [5.74, 6) is 0.689. The largest absolute Gasteiger partial charge is 0.474 e. The minimum atomic E-state index is -0.0143. The van der Waals surface area contributed by atoms with Gasteiger partial charge in [0.1, 0.15) is 6.10 Å². The van der Waals surface area contributed by atoms with E-state index in [1.807, 2.05) is 6.07 Å². The molecule has 2 rings (SSSR count). The van der Waals surface area contributed by atoms with Gasteiger partial charge in [0, 0.05) is 30.9 Å². The van der Waals surface area contributed by atoms with Gasteiger partial charge in [-0.15, -0.1) is 0 Å². The van der Waals surface area contributed by atoms with Gasteiger partial charge in [-0.25, -0.2) is 4.98 Å². The standard InChI is InChI=1S/C17H28N2O2/c1-11-6-14(7-12(2)20-11)21-16-9-13(10-18)8-15(19-16)17(3,4)5/h8-9,11-12,14H,6-7,10,18H2,1-5H3. The zero-order valence-corrected chi connectivity index (χ0v) is 13.8. The second kappa shape index (κ2) is 6.32. The van der Waals surface area contributed by atoms with Crippen molar-refractivity contribution in [3.05, 3.63) is 23.4 Å². The first kappa shape index (κ1) is 16.2. The highest BCUT2D eigenvalue weighted by Gasteiger charge is 2.26. The molecule has 21 heavy (non-hydrogen) atoms. The summed E-state index contributed by atoms with van der Waals surface area (Å²) in [4.78, 5) is 4.68. The molecule has 0 saturated carbocycles. The summed E-state index contributed by atoms with van der Waals surface area (Å²) in [5, 5.41) is 0. The second-order valence-electron chi connectivity index (χ2n) is 7.12. The van der Waals surface area contributed by atoms with E-state index < -0.39 is 0 Å². The lowest BCUT2D eigenvalue weighted by Crippen LogP contribution is -2.36. The van der Waals surface area contributed by atoms with Gasteiger partial charge in [0.15, 0.2) is 0 Å². The monoisotopic (exact) mass is 292 g/mol. The number of rotatable bonds is 3. The van der Waals surface area contributed by atoms with Gasteiger partial charge in [-0.3, -0.25) is 0 Å². The number of hydrogen-bond acceptors (Lipinski definition) is 4. The number of aromatic nitrogens is 1. The number of nitrogens with zero attached hydrogens (tertiary/aromatic N) is 1. The summed E-state index contributed by atoms with van der Waals surface area (Å²) in [7, 11) is 0. The molecule has 0 aliphatic carbocycles. The Bertz CT molecular complexity index is 472. The van der Waals surface area contributed by atoms with Crippen molar-refractivity contribution in [2.45, 2.75) is 77.7 Å². The molecule has 0 bridgehead atoms. The Morgan fingerprint density at radius 3 is 2.38 bits per heavy atom. The molecule has 0 radical (unpaired) electrons. The fourth-order valence-electron chi connectivity index (χ4n) is 2.73. The molecular formula is C17H28N2O2. The lowest BCUT2D eigenvalue weighted by molar-refractivity contribution is -0.0730. The molecule has 4 heteroatoms. The predicted octanol–water partition coefficient (Wildman–Crippen LogP) is 3.17. The molecule has 1 aliphatic rings. The molecule has 4 nitrogen and oxygen atoms in total. The zero-order chi connectivity index (χ0) is 15.6. The lowest BCUT2D eigenvalue weighted by Gasteiger charge is -2.32. The number of nitrogens with two attached hydrogens (primary N) is 1. The molecule has 1 saturated heterocycles. The maximum atomic E-state index is 6.13. The van der Waals surface area contributed by atoms with E-state index in [1.54, 1.807) is 0 Å². The SMILES string of the molecule is CC1CC(Oc2cc(CN)cc(C(C)(C)C)n2)CC(C)O1. The Hall–Kier alpha value is -1.13. The molecule has 1 aromatic heterocycles. The van der Waals surface area contributed by atoms with Crippen LogP contribution in [0.1, 0.15) is 58.7 Å². The molecule has 0 spiro atoms. The van der Waals surface area contributed by atoms with Gasteiger partial charge in [-0.2, -0.15) is 0 Å². The van der Waals surface area contributed by atoms with E-state index in [1.165, 1.54) is 0 Å². The molecule has 2 N–H and O–H groups in total. The van der Waals surface area contributed by atoms with E-state index in [9.17, 15) is 0 Å². The minimum absolute atomic E-state index is 0.0143. The van der Waals surface area contributed by atoms with Crippen LogP contribution in [-0.4, -0.2) is 23.3 Å².